The number of thioether (sulfide) groups is 1. The van der Waals surface area contributed by atoms with Crippen LogP contribution in [0.5, 0.6) is 0 Å². The highest BCUT2D eigenvalue weighted by Crippen LogP contribution is 2.31. The number of nitrogens with zero attached hydrogens (tertiary/aromatic N) is 2. The molecule has 0 spiro atoms. The highest BCUT2D eigenvalue weighted by Gasteiger charge is 2.19. The summed E-state index contributed by atoms with van der Waals surface area (Å²) in [5.41, 5.74) is 0.760. The summed E-state index contributed by atoms with van der Waals surface area (Å²) in [6, 6.07) is 9.22. The lowest BCUT2D eigenvalue weighted by Crippen LogP contribution is -2.15. The van der Waals surface area contributed by atoms with Crippen LogP contribution in [-0.4, -0.2) is 26.3 Å². The fourth-order valence-corrected chi connectivity index (χ4v) is 2.50. The molecule has 2 heterocycles. The molecule has 2 N–H and O–H groups in total. The summed E-state index contributed by atoms with van der Waals surface area (Å²) in [5.74, 6) is -0.127. The van der Waals surface area contributed by atoms with Gasteiger partial charge in [0.25, 0.3) is 0 Å². The van der Waals surface area contributed by atoms with Crippen molar-refractivity contribution in [3.8, 4) is 0 Å². The van der Waals surface area contributed by atoms with E-state index in [1.807, 2.05) is 31.2 Å². The average molecular weight is 289 g/mol. The second-order valence-electron chi connectivity index (χ2n) is 4.05. The summed E-state index contributed by atoms with van der Waals surface area (Å²) in [7, 11) is 0. The molecule has 0 aliphatic rings. The summed E-state index contributed by atoms with van der Waals surface area (Å²) in [6.45, 7) is 1.85. The van der Waals surface area contributed by atoms with Gasteiger partial charge in [0, 0.05) is 12.4 Å². The SMILES string of the molecule is CC[C@@H](Sc1ncccc1Nc1ccccn1)C(=O)O. The Morgan fingerprint density at radius 3 is 2.75 bits per heavy atom. The molecule has 2 rings (SSSR count). The Kier molecular flexibility index (Phi) is 4.95. The number of aliphatic carboxylic acids is 1. The molecule has 2 aromatic rings. The number of nitrogens with one attached hydrogen (secondary N) is 1. The molecular formula is C14H15N3O2S. The lowest BCUT2D eigenvalue weighted by molar-refractivity contribution is -0.136. The lowest BCUT2D eigenvalue weighted by Gasteiger charge is -2.13. The first kappa shape index (κ1) is 14.3. The predicted octanol–water partition coefficient (Wildman–Crippen LogP) is 3.18. The highest BCUT2D eigenvalue weighted by atomic mass is 32.2. The minimum Gasteiger partial charge on any atom is -0.480 e. The van der Waals surface area contributed by atoms with Crippen molar-refractivity contribution in [1.29, 1.82) is 0 Å². The first-order valence-corrected chi connectivity index (χ1v) is 7.11. The van der Waals surface area contributed by atoms with Crippen molar-refractivity contribution >= 4 is 29.2 Å². The number of carboxylic acid groups (broad SMARTS) is 1. The van der Waals surface area contributed by atoms with Crippen molar-refractivity contribution in [2.75, 3.05) is 5.32 Å². The quantitative estimate of drug-likeness (QED) is 0.796. The number of anilines is 2. The van der Waals surface area contributed by atoms with Gasteiger partial charge in [-0.2, -0.15) is 0 Å². The fraction of sp³-hybridized carbons (Fsp3) is 0.214. The molecule has 1 atom stereocenters. The summed E-state index contributed by atoms with van der Waals surface area (Å²) in [6.07, 6.45) is 3.89. The number of hydrogen-bond donors (Lipinski definition) is 2. The van der Waals surface area contributed by atoms with Crippen LogP contribution in [0.15, 0.2) is 47.8 Å². The Labute approximate surface area is 121 Å². The molecule has 0 aromatic carbocycles. The van der Waals surface area contributed by atoms with Crippen LogP contribution in [0.3, 0.4) is 0 Å². The zero-order valence-corrected chi connectivity index (χ0v) is 11.8. The molecule has 20 heavy (non-hydrogen) atoms. The van der Waals surface area contributed by atoms with E-state index in [2.05, 4.69) is 15.3 Å². The second-order valence-corrected chi connectivity index (χ2v) is 5.24. The Balaban J connectivity index is 2.20. The second kappa shape index (κ2) is 6.91. The van der Waals surface area contributed by atoms with Crippen LogP contribution in [0.1, 0.15) is 13.3 Å². The van der Waals surface area contributed by atoms with Crippen molar-refractivity contribution in [1.82, 2.24) is 9.97 Å². The zero-order valence-electron chi connectivity index (χ0n) is 11.0. The summed E-state index contributed by atoms with van der Waals surface area (Å²) in [5, 5.41) is 12.4. The molecule has 5 nitrogen and oxygen atoms in total. The molecule has 0 aliphatic carbocycles. The molecule has 0 fully saturated rings. The Morgan fingerprint density at radius 1 is 1.30 bits per heavy atom. The van der Waals surface area contributed by atoms with Gasteiger partial charge in [-0.05, 0) is 30.7 Å². The van der Waals surface area contributed by atoms with E-state index in [1.165, 1.54) is 11.8 Å². The summed E-state index contributed by atoms with van der Waals surface area (Å²) >= 11 is 1.24. The van der Waals surface area contributed by atoms with E-state index in [4.69, 9.17) is 5.11 Å². The molecule has 0 unspecified atom stereocenters. The van der Waals surface area contributed by atoms with Gasteiger partial charge in [-0.1, -0.05) is 24.8 Å². The number of rotatable bonds is 6. The van der Waals surface area contributed by atoms with Gasteiger partial charge in [0.1, 0.15) is 16.1 Å². The first-order chi connectivity index (χ1) is 9.70. The van der Waals surface area contributed by atoms with Crippen LogP contribution in [0.25, 0.3) is 0 Å². The fourth-order valence-electron chi connectivity index (χ4n) is 1.60. The van der Waals surface area contributed by atoms with Crippen LogP contribution in [-0.2, 0) is 4.79 Å². The molecule has 0 amide bonds. The number of hydrogen-bond acceptors (Lipinski definition) is 5. The average Bonchev–Trinajstić information content (AvgIpc) is 2.47. The number of aromatic nitrogens is 2. The van der Waals surface area contributed by atoms with E-state index in [9.17, 15) is 4.79 Å². The van der Waals surface area contributed by atoms with Gasteiger partial charge in [-0.3, -0.25) is 4.79 Å². The summed E-state index contributed by atoms with van der Waals surface area (Å²) in [4.78, 5) is 19.6. The molecule has 104 valence electrons. The number of carboxylic acids is 1. The largest absolute Gasteiger partial charge is 0.480 e. The van der Waals surface area contributed by atoms with Crippen molar-refractivity contribution in [3.05, 3.63) is 42.7 Å². The van der Waals surface area contributed by atoms with Gasteiger partial charge in [-0.25, -0.2) is 9.97 Å². The predicted molar refractivity (Wildman–Crippen MR) is 79.3 cm³/mol. The van der Waals surface area contributed by atoms with E-state index in [0.29, 0.717) is 17.3 Å². The third-order valence-electron chi connectivity index (χ3n) is 2.60. The topological polar surface area (TPSA) is 75.1 Å². The van der Waals surface area contributed by atoms with Gasteiger partial charge >= 0.3 is 5.97 Å². The van der Waals surface area contributed by atoms with E-state index < -0.39 is 11.2 Å². The van der Waals surface area contributed by atoms with E-state index in [-0.39, 0.29) is 0 Å². The minimum atomic E-state index is -0.827. The Bertz CT molecular complexity index is 578. The van der Waals surface area contributed by atoms with Crippen molar-refractivity contribution in [3.63, 3.8) is 0 Å². The smallest absolute Gasteiger partial charge is 0.317 e. The molecule has 0 saturated carbocycles. The van der Waals surface area contributed by atoms with Crippen LogP contribution in [0.2, 0.25) is 0 Å². The first-order valence-electron chi connectivity index (χ1n) is 6.23. The van der Waals surface area contributed by atoms with Crippen LogP contribution >= 0.6 is 11.8 Å². The summed E-state index contributed by atoms with van der Waals surface area (Å²) < 4.78 is 0. The van der Waals surface area contributed by atoms with Gasteiger partial charge < -0.3 is 10.4 Å². The normalized spacial score (nSPS) is 11.8. The van der Waals surface area contributed by atoms with Gasteiger partial charge in [0.05, 0.1) is 5.69 Å². The minimum absolute atomic E-state index is 0.505. The maximum atomic E-state index is 11.1. The van der Waals surface area contributed by atoms with Gasteiger partial charge in [0.2, 0.25) is 0 Å². The van der Waals surface area contributed by atoms with Gasteiger partial charge in [-0.15, -0.1) is 0 Å². The molecule has 0 bridgehead atoms. The monoisotopic (exact) mass is 289 g/mol. The van der Waals surface area contributed by atoms with E-state index in [1.54, 1.807) is 18.5 Å². The number of pyridine rings is 2. The van der Waals surface area contributed by atoms with Crippen molar-refractivity contribution in [2.45, 2.75) is 23.6 Å². The van der Waals surface area contributed by atoms with E-state index in [0.717, 1.165) is 5.69 Å². The molecule has 2 aromatic heterocycles. The Hall–Kier alpha value is -2.08. The van der Waals surface area contributed by atoms with Crippen LogP contribution in [0.4, 0.5) is 11.5 Å². The standard InChI is InChI=1S/C14H15N3O2S/c1-2-11(14(18)19)20-13-10(6-5-9-16-13)17-12-7-3-4-8-15-12/h3-9,11H,2H2,1H3,(H,15,17)(H,18,19)/t11-/m1/s1. The molecule has 0 aliphatic heterocycles. The molecular weight excluding hydrogens is 274 g/mol. The molecule has 6 heteroatoms. The highest BCUT2D eigenvalue weighted by molar-refractivity contribution is 8.00. The van der Waals surface area contributed by atoms with E-state index >= 15 is 0 Å². The third kappa shape index (κ3) is 3.71. The van der Waals surface area contributed by atoms with Crippen LogP contribution < -0.4 is 5.32 Å². The van der Waals surface area contributed by atoms with Crippen molar-refractivity contribution < 1.29 is 9.90 Å². The molecule has 0 saturated heterocycles. The number of carbonyl (C=O) groups is 1. The van der Waals surface area contributed by atoms with Gasteiger partial charge in [0.15, 0.2) is 0 Å². The van der Waals surface area contributed by atoms with Crippen molar-refractivity contribution in [2.24, 2.45) is 0 Å². The molecule has 0 radical (unpaired) electrons. The third-order valence-corrected chi connectivity index (χ3v) is 3.97. The zero-order chi connectivity index (χ0) is 14.4. The Morgan fingerprint density at radius 2 is 2.10 bits per heavy atom. The van der Waals surface area contributed by atoms with Crippen LogP contribution in [0, 0.1) is 0 Å². The maximum absolute atomic E-state index is 11.1. The lowest BCUT2D eigenvalue weighted by atomic mass is 10.3. The maximum Gasteiger partial charge on any atom is 0.317 e.